The molecule has 102 valence electrons. The van der Waals surface area contributed by atoms with Crippen molar-refractivity contribution in [1.29, 1.82) is 5.26 Å². The maximum Gasteiger partial charge on any atom is 0.0655 e. The van der Waals surface area contributed by atoms with Crippen LogP contribution in [0.3, 0.4) is 0 Å². The normalized spacial score (nSPS) is 11.8. The third-order valence-corrected chi connectivity index (χ3v) is 3.75. The molecule has 1 heteroatoms. The molecule has 0 spiro atoms. The molecule has 0 aromatic heterocycles. The molecule has 0 aliphatic heterocycles. The van der Waals surface area contributed by atoms with Gasteiger partial charge in [0.2, 0.25) is 0 Å². The number of aryl methyl sites for hydroxylation is 1. The van der Waals surface area contributed by atoms with Crippen molar-refractivity contribution in [1.82, 2.24) is 0 Å². The summed E-state index contributed by atoms with van der Waals surface area (Å²) in [7, 11) is 0. The average Bonchev–Trinajstić information content (AvgIpc) is 2.53. The van der Waals surface area contributed by atoms with Crippen molar-refractivity contribution in [3.63, 3.8) is 0 Å². The fourth-order valence-corrected chi connectivity index (χ4v) is 2.41. The molecule has 0 N–H and O–H groups in total. The topological polar surface area (TPSA) is 23.8 Å². The van der Waals surface area contributed by atoms with E-state index in [2.05, 4.69) is 61.5 Å². The largest absolute Gasteiger partial charge is 0.198 e. The van der Waals surface area contributed by atoms with Crippen molar-refractivity contribution in [2.75, 3.05) is 0 Å². The van der Waals surface area contributed by atoms with Crippen molar-refractivity contribution in [2.45, 2.75) is 32.6 Å². The maximum atomic E-state index is 8.94. The van der Waals surface area contributed by atoms with Gasteiger partial charge in [0.1, 0.15) is 0 Å². The molecule has 0 fully saturated rings. The Kier molecular flexibility index (Phi) is 5.38. The Bertz CT molecular complexity index is 549. The Balaban J connectivity index is 1.91. The lowest BCUT2D eigenvalue weighted by Crippen LogP contribution is -1.96. The van der Waals surface area contributed by atoms with Crippen LogP contribution in [0.2, 0.25) is 0 Å². The molecule has 0 bridgehead atoms. The van der Waals surface area contributed by atoms with Crippen LogP contribution in [0.25, 0.3) is 11.1 Å². The van der Waals surface area contributed by atoms with Crippen LogP contribution in [-0.4, -0.2) is 0 Å². The van der Waals surface area contributed by atoms with Gasteiger partial charge in [0.15, 0.2) is 0 Å². The lowest BCUT2D eigenvalue weighted by molar-refractivity contribution is 0.556. The molecule has 0 saturated carbocycles. The van der Waals surface area contributed by atoms with Crippen LogP contribution < -0.4 is 0 Å². The predicted molar refractivity (Wildman–Crippen MR) is 84.2 cm³/mol. The summed E-state index contributed by atoms with van der Waals surface area (Å²) in [6.45, 7) is 2.09. The molecule has 1 nitrogen and oxygen atoms in total. The molecule has 20 heavy (non-hydrogen) atoms. The van der Waals surface area contributed by atoms with Crippen LogP contribution in [0, 0.1) is 17.2 Å². The summed E-state index contributed by atoms with van der Waals surface area (Å²) in [5, 5.41) is 8.94. The number of hydrogen-bond donors (Lipinski definition) is 0. The molecule has 0 aliphatic rings. The highest BCUT2D eigenvalue weighted by Crippen LogP contribution is 2.20. The molecule has 2 aromatic carbocycles. The van der Waals surface area contributed by atoms with E-state index in [0.717, 1.165) is 25.7 Å². The fraction of sp³-hybridized carbons (Fsp3) is 0.316. The summed E-state index contributed by atoms with van der Waals surface area (Å²) in [6, 6.07) is 21.6. The van der Waals surface area contributed by atoms with Crippen LogP contribution >= 0.6 is 0 Å². The van der Waals surface area contributed by atoms with E-state index in [1.165, 1.54) is 16.7 Å². The van der Waals surface area contributed by atoms with Crippen LogP contribution in [-0.2, 0) is 6.42 Å². The first-order chi connectivity index (χ1) is 9.83. The highest BCUT2D eigenvalue weighted by atomic mass is 14.3. The minimum absolute atomic E-state index is 0.221. The first kappa shape index (κ1) is 14.3. The van der Waals surface area contributed by atoms with Gasteiger partial charge in [-0.2, -0.15) is 5.26 Å². The predicted octanol–water partition coefficient (Wildman–Crippen LogP) is 5.23. The summed E-state index contributed by atoms with van der Waals surface area (Å²) in [5.74, 6) is 0.221. The molecule has 0 radical (unpaired) electrons. The van der Waals surface area contributed by atoms with Gasteiger partial charge >= 0.3 is 0 Å². The zero-order valence-electron chi connectivity index (χ0n) is 12.0. The van der Waals surface area contributed by atoms with Gasteiger partial charge in [-0.1, -0.05) is 61.5 Å². The van der Waals surface area contributed by atoms with Gasteiger partial charge < -0.3 is 0 Å². The molecule has 2 aromatic rings. The van der Waals surface area contributed by atoms with Crippen molar-refractivity contribution in [2.24, 2.45) is 5.92 Å². The van der Waals surface area contributed by atoms with Gasteiger partial charge in [-0.05, 0) is 42.4 Å². The van der Waals surface area contributed by atoms with Gasteiger partial charge in [-0.15, -0.1) is 0 Å². The Labute approximate surface area is 121 Å². The lowest BCUT2D eigenvalue weighted by atomic mass is 9.97. The number of nitrogens with zero attached hydrogens (tertiary/aromatic N) is 1. The molecule has 0 saturated heterocycles. The minimum atomic E-state index is 0.221. The SMILES string of the molecule is CCC(C#N)CCCc1ccc(-c2ccccc2)cc1. The molecule has 0 amide bonds. The van der Waals surface area contributed by atoms with E-state index in [9.17, 15) is 0 Å². The van der Waals surface area contributed by atoms with Gasteiger partial charge in [0.05, 0.1) is 6.07 Å². The van der Waals surface area contributed by atoms with Gasteiger partial charge in [-0.25, -0.2) is 0 Å². The quantitative estimate of drug-likeness (QED) is 0.700. The summed E-state index contributed by atoms with van der Waals surface area (Å²) >= 11 is 0. The van der Waals surface area contributed by atoms with E-state index in [4.69, 9.17) is 5.26 Å². The third kappa shape index (κ3) is 3.96. The van der Waals surface area contributed by atoms with E-state index < -0.39 is 0 Å². The second-order valence-electron chi connectivity index (χ2n) is 5.19. The second kappa shape index (κ2) is 7.50. The fourth-order valence-electron chi connectivity index (χ4n) is 2.41. The summed E-state index contributed by atoms with van der Waals surface area (Å²) in [5.41, 5.74) is 3.88. The van der Waals surface area contributed by atoms with Gasteiger partial charge in [-0.3, -0.25) is 0 Å². The van der Waals surface area contributed by atoms with Gasteiger partial charge in [0, 0.05) is 5.92 Å². The standard InChI is InChI=1S/C19H21N/c1-2-16(15-20)7-6-8-17-11-13-19(14-12-17)18-9-4-3-5-10-18/h3-5,9-14,16H,2,6-8H2,1H3. The summed E-state index contributed by atoms with van der Waals surface area (Å²) < 4.78 is 0. The number of nitriles is 1. The zero-order chi connectivity index (χ0) is 14.2. The van der Waals surface area contributed by atoms with E-state index in [0.29, 0.717) is 0 Å². The Morgan fingerprint density at radius 1 is 0.950 bits per heavy atom. The van der Waals surface area contributed by atoms with Crippen molar-refractivity contribution in [3.05, 3.63) is 60.2 Å². The Morgan fingerprint density at radius 3 is 2.20 bits per heavy atom. The Morgan fingerprint density at radius 2 is 1.60 bits per heavy atom. The number of rotatable bonds is 6. The van der Waals surface area contributed by atoms with E-state index in [1.54, 1.807) is 0 Å². The molecular formula is C19H21N. The van der Waals surface area contributed by atoms with Crippen molar-refractivity contribution >= 4 is 0 Å². The summed E-state index contributed by atoms with van der Waals surface area (Å²) in [4.78, 5) is 0. The van der Waals surface area contributed by atoms with Crippen LogP contribution in [0.5, 0.6) is 0 Å². The molecule has 1 atom stereocenters. The monoisotopic (exact) mass is 263 g/mol. The van der Waals surface area contributed by atoms with E-state index >= 15 is 0 Å². The number of hydrogen-bond acceptors (Lipinski definition) is 1. The van der Waals surface area contributed by atoms with Crippen LogP contribution in [0.4, 0.5) is 0 Å². The summed E-state index contributed by atoms with van der Waals surface area (Å²) in [6.07, 6.45) is 4.13. The van der Waals surface area contributed by atoms with Crippen LogP contribution in [0.1, 0.15) is 31.7 Å². The van der Waals surface area contributed by atoms with Gasteiger partial charge in [0.25, 0.3) is 0 Å². The molecule has 1 unspecified atom stereocenters. The molecule has 2 rings (SSSR count). The smallest absolute Gasteiger partial charge is 0.0655 e. The van der Waals surface area contributed by atoms with Crippen molar-refractivity contribution < 1.29 is 0 Å². The van der Waals surface area contributed by atoms with E-state index in [1.807, 2.05) is 6.07 Å². The zero-order valence-corrected chi connectivity index (χ0v) is 12.0. The van der Waals surface area contributed by atoms with E-state index in [-0.39, 0.29) is 5.92 Å². The maximum absolute atomic E-state index is 8.94. The highest BCUT2D eigenvalue weighted by Gasteiger charge is 2.04. The third-order valence-electron chi connectivity index (χ3n) is 3.75. The first-order valence-electron chi connectivity index (χ1n) is 7.37. The minimum Gasteiger partial charge on any atom is -0.198 e. The lowest BCUT2D eigenvalue weighted by Gasteiger charge is -2.07. The molecule has 0 heterocycles. The average molecular weight is 263 g/mol. The van der Waals surface area contributed by atoms with Crippen molar-refractivity contribution in [3.8, 4) is 17.2 Å². The highest BCUT2D eigenvalue weighted by molar-refractivity contribution is 5.63. The second-order valence-corrected chi connectivity index (χ2v) is 5.19. The molecular weight excluding hydrogens is 242 g/mol. The molecule has 0 aliphatic carbocycles. The Hall–Kier alpha value is -2.07. The first-order valence-corrected chi connectivity index (χ1v) is 7.37. The van der Waals surface area contributed by atoms with Crippen LogP contribution in [0.15, 0.2) is 54.6 Å². The number of benzene rings is 2.